The lowest BCUT2D eigenvalue weighted by Gasteiger charge is -2.09. The van der Waals surface area contributed by atoms with Crippen molar-refractivity contribution in [2.24, 2.45) is 0 Å². The quantitative estimate of drug-likeness (QED) is 0.809. The van der Waals surface area contributed by atoms with Crippen molar-refractivity contribution in [2.45, 2.75) is 13.5 Å². The Kier molecular flexibility index (Phi) is 4.55. The van der Waals surface area contributed by atoms with E-state index in [0.29, 0.717) is 11.4 Å². The van der Waals surface area contributed by atoms with Crippen molar-refractivity contribution in [2.75, 3.05) is 10.6 Å². The van der Waals surface area contributed by atoms with Crippen LogP contribution in [0.1, 0.15) is 12.7 Å². The van der Waals surface area contributed by atoms with Crippen LogP contribution in [0, 0.1) is 5.82 Å². The Bertz CT molecular complexity index is 641. The highest BCUT2D eigenvalue weighted by atomic mass is 19.1. The van der Waals surface area contributed by atoms with Gasteiger partial charge in [0.25, 0.3) is 0 Å². The van der Waals surface area contributed by atoms with Crippen LogP contribution in [0.3, 0.4) is 0 Å². The van der Waals surface area contributed by atoms with E-state index in [0.717, 1.165) is 6.07 Å². The number of furan rings is 1. The van der Waals surface area contributed by atoms with Crippen molar-refractivity contribution in [3.63, 3.8) is 0 Å². The van der Waals surface area contributed by atoms with Gasteiger partial charge in [-0.2, -0.15) is 0 Å². The molecule has 0 fully saturated rings. The van der Waals surface area contributed by atoms with Gasteiger partial charge in [-0.3, -0.25) is 4.79 Å². The summed E-state index contributed by atoms with van der Waals surface area (Å²) in [5, 5.41) is 7.40. The van der Waals surface area contributed by atoms with Gasteiger partial charge < -0.3 is 20.4 Å². The van der Waals surface area contributed by atoms with Gasteiger partial charge in [-0.05, 0) is 30.3 Å². The number of hydrogen-bond donors (Lipinski definition) is 3. The first-order valence-corrected chi connectivity index (χ1v) is 6.19. The predicted octanol–water partition coefficient (Wildman–Crippen LogP) is 2.70. The molecule has 21 heavy (non-hydrogen) atoms. The normalized spacial score (nSPS) is 10.0. The van der Waals surface area contributed by atoms with Gasteiger partial charge in [-0.1, -0.05) is 0 Å². The van der Waals surface area contributed by atoms with Gasteiger partial charge in [-0.25, -0.2) is 9.18 Å². The number of benzene rings is 1. The van der Waals surface area contributed by atoms with Gasteiger partial charge in [0.05, 0.1) is 18.5 Å². The van der Waals surface area contributed by atoms with Gasteiger partial charge in [0.2, 0.25) is 5.91 Å². The van der Waals surface area contributed by atoms with Crippen molar-refractivity contribution < 1.29 is 18.4 Å². The van der Waals surface area contributed by atoms with E-state index in [1.807, 2.05) is 0 Å². The number of amides is 3. The third-order valence-corrected chi connectivity index (χ3v) is 2.54. The Labute approximate surface area is 120 Å². The molecule has 0 saturated heterocycles. The number of urea groups is 1. The van der Waals surface area contributed by atoms with E-state index >= 15 is 0 Å². The average molecular weight is 291 g/mol. The molecular weight excluding hydrogens is 277 g/mol. The fraction of sp³-hybridized carbons (Fsp3) is 0.143. The van der Waals surface area contributed by atoms with Crippen LogP contribution in [-0.2, 0) is 11.3 Å². The monoisotopic (exact) mass is 291 g/mol. The zero-order valence-corrected chi connectivity index (χ0v) is 11.3. The van der Waals surface area contributed by atoms with Crippen molar-refractivity contribution >= 4 is 23.3 Å². The Morgan fingerprint density at radius 1 is 1.24 bits per heavy atom. The molecule has 1 heterocycles. The summed E-state index contributed by atoms with van der Waals surface area (Å²) in [5.74, 6) is -0.301. The van der Waals surface area contributed by atoms with Crippen LogP contribution >= 0.6 is 0 Å². The number of carbonyl (C=O) groups is 2. The molecular formula is C14H14FN3O3. The van der Waals surface area contributed by atoms with E-state index in [9.17, 15) is 14.0 Å². The predicted molar refractivity (Wildman–Crippen MR) is 75.3 cm³/mol. The van der Waals surface area contributed by atoms with Crippen LogP contribution < -0.4 is 16.0 Å². The van der Waals surface area contributed by atoms with Crippen molar-refractivity contribution in [3.05, 3.63) is 48.2 Å². The molecule has 2 rings (SSSR count). The molecule has 0 aliphatic carbocycles. The van der Waals surface area contributed by atoms with Crippen molar-refractivity contribution in [3.8, 4) is 0 Å². The summed E-state index contributed by atoms with van der Waals surface area (Å²) in [6, 6.07) is 6.73. The fourth-order valence-electron chi connectivity index (χ4n) is 1.65. The molecule has 0 spiro atoms. The van der Waals surface area contributed by atoms with E-state index in [2.05, 4.69) is 16.0 Å². The molecule has 3 amide bonds. The summed E-state index contributed by atoms with van der Waals surface area (Å²) in [6.07, 6.45) is 1.49. The smallest absolute Gasteiger partial charge is 0.319 e. The van der Waals surface area contributed by atoms with Crippen molar-refractivity contribution in [1.82, 2.24) is 5.32 Å². The SMILES string of the molecule is CC(=O)Nc1ccc(F)c(NC(=O)NCc2ccco2)c1. The Morgan fingerprint density at radius 2 is 2.05 bits per heavy atom. The molecule has 0 radical (unpaired) electrons. The molecule has 0 unspecified atom stereocenters. The van der Waals surface area contributed by atoms with E-state index in [1.165, 1.54) is 25.3 Å². The summed E-state index contributed by atoms with van der Waals surface area (Å²) < 4.78 is 18.7. The molecule has 3 N–H and O–H groups in total. The summed E-state index contributed by atoms with van der Waals surface area (Å²) in [4.78, 5) is 22.6. The summed E-state index contributed by atoms with van der Waals surface area (Å²) >= 11 is 0. The molecule has 2 aromatic rings. The first-order chi connectivity index (χ1) is 10.0. The molecule has 0 aliphatic rings. The van der Waals surface area contributed by atoms with Crippen LogP contribution in [0.5, 0.6) is 0 Å². The van der Waals surface area contributed by atoms with Gasteiger partial charge >= 0.3 is 6.03 Å². The molecule has 0 bridgehead atoms. The fourth-order valence-corrected chi connectivity index (χ4v) is 1.65. The van der Waals surface area contributed by atoms with E-state index in [-0.39, 0.29) is 18.1 Å². The number of halogens is 1. The van der Waals surface area contributed by atoms with Gasteiger partial charge in [0, 0.05) is 12.6 Å². The molecule has 110 valence electrons. The van der Waals surface area contributed by atoms with Crippen LogP contribution in [0.2, 0.25) is 0 Å². The second-order valence-electron chi connectivity index (χ2n) is 4.26. The van der Waals surface area contributed by atoms with Gasteiger partial charge in [-0.15, -0.1) is 0 Å². The second kappa shape index (κ2) is 6.56. The number of hydrogen-bond acceptors (Lipinski definition) is 3. The Balaban J connectivity index is 1.97. The van der Waals surface area contributed by atoms with Crippen molar-refractivity contribution in [1.29, 1.82) is 0 Å². The maximum atomic E-state index is 13.6. The number of rotatable bonds is 4. The summed E-state index contributed by atoms with van der Waals surface area (Å²) in [5.41, 5.74) is 0.364. The van der Waals surface area contributed by atoms with Crippen LogP contribution in [0.25, 0.3) is 0 Å². The third kappa shape index (κ3) is 4.34. The first-order valence-electron chi connectivity index (χ1n) is 6.19. The standard InChI is InChI=1S/C14H14FN3O3/c1-9(19)17-10-4-5-12(15)13(7-10)18-14(20)16-8-11-3-2-6-21-11/h2-7H,8H2,1H3,(H,17,19)(H2,16,18,20). The lowest BCUT2D eigenvalue weighted by Crippen LogP contribution is -2.28. The third-order valence-electron chi connectivity index (χ3n) is 2.54. The van der Waals surface area contributed by atoms with E-state index in [1.54, 1.807) is 12.1 Å². The average Bonchev–Trinajstić information content (AvgIpc) is 2.93. The van der Waals surface area contributed by atoms with Crippen LogP contribution in [0.4, 0.5) is 20.6 Å². The van der Waals surface area contributed by atoms with Gasteiger partial charge in [0.15, 0.2) is 0 Å². The molecule has 6 nitrogen and oxygen atoms in total. The molecule has 7 heteroatoms. The maximum Gasteiger partial charge on any atom is 0.319 e. The van der Waals surface area contributed by atoms with Gasteiger partial charge in [0.1, 0.15) is 11.6 Å². The number of carbonyl (C=O) groups excluding carboxylic acids is 2. The highest BCUT2D eigenvalue weighted by molar-refractivity contribution is 5.92. The largest absolute Gasteiger partial charge is 0.467 e. The minimum absolute atomic E-state index is 0.0294. The lowest BCUT2D eigenvalue weighted by molar-refractivity contribution is -0.114. The molecule has 0 saturated carbocycles. The highest BCUT2D eigenvalue weighted by Gasteiger charge is 2.09. The number of nitrogens with one attached hydrogen (secondary N) is 3. The maximum absolute atomic E-state index is 13.6. The first kappa shape index (κ1) is 14.6. The second-order valence-corrected chi connectivity index (χ2v) is 4.26. The zero-order valence-electron chi connectivity index (χ0n) is 11.3. The zero-order chi connectivity index (χ0) is 15.2. The molecule has 0 aliphatic heterocycles. The lowest BCUT2D eigenvalue weighted by atomic mass is 10.2. The number of anilines is 2. The highest BCUT2D eigenvalue weighted by Crippen LogP contribution is 2.19. The Hall–Kier alpha value is -2.83. The molecule has 1 aromatic carbocycles. The summed E-state index contributed by atoms with van der Waals surface area (Å²) in [6.45, 7) is 1.53. The molecule has 0 atom stereocenters. The van der Waals surface area contributed by atoms with Crippen LogP contribution in [0.15, 0.2) is 41.0 Å². The Morgan fingerprint density at radius 3 is 2.71 bits per heavy atom. The topological polar surface area (TPSA) is 83.4 Å². The molecule has 1 aromatic heterocycles. The van der Waals surface area contributed by atoms with E-state index < -0.39 is 11.8 Å². The minimum atomic E-state index is -0.600. The summed E-state index contributed by atoms with van der Waals surface area (Å²) in [7, 11) is 0. The minimum Gasteiger partial charge on any atom is -0.467 e. The van der Waals surface area contributed by atoms with Crippen LogP contribution in [-0.4, -0.2) is 11.9 Å². The van der Waals surface area contributed by atoms with E-state index in [4.69, 9.17) is 4.42 Å².